The lowest BCUT2D eigenvalue weighted by molar-refractivity contribution is 0.257. The molecule has 2 aromatic heterocycles. The Morgan fingerprint density at radius 3 is 3.00 bits per heavy atom. The van der Waals surface area contributed by atoms with E-state index in [-0.39, 0.29) is 5.56 Å². The van der Waals surface area contributed by atoms with Crippen molar-refractivity contribution in [3.05, 3.63) is 22.1 Å². The average molecular weight is 319 g/mol. The van der Waals surface area contributed by atoms with Crippen LogP contribution in [-0.2, 0) is 6.42 Å². The molecule has 0 bridgehead atoms. The second-order valence-corrected chi connectivity index (χ2v) is 7.35. The molecule has 3 heterocycles. The second-order valence-electron chi connectivity index (χ2n) is 6.39. The molecular weight excluding hydrogens is 298 g/mol. The van der Waals surface area contributed by atoms with Gasteiger partial charge in [-0.3, -0.25) is 9.69 Å². The highest BCUT2D eigenvalue weighted by Gasteiger charge is 2.38. The maximum atomic E-state index is 12.0. The molecule has 1 saturated heterocycles. The molecule has 1 N–H and O–H groups in total. The molecule has 2 aromatic rings. The second kappa shape index (κ2) is 5.31. The Kier molecular flexibility index (Phi) is 3.41. The quantitative estimate of drug-likeness (QED) is 0.930. The van der Waals surface area contributed by atoms with E-state index < -0.39 is 0 Å². The molecule has 2 fully saturated rings. The number of aryl methyl sites for hydroxylation is 1. The van der Waals surface area contributed by atoms with Crippen LogP contribution in [0.2, 0.25) is 0 Å². The lowest BCUT2D eigenvalue weighted by atomic mass is 10.2. The number of anilines is 1. The van der Waals surface area contributed by atoms with Crippen molar-refractivity contribution in [3.8, 4) is 0 Å². The number of aromatic nitrogens is 3. The first-order chi connectivity index (χ1) is 10.6. The number of likely N-dealkylation sites (tertiary alicyclic amines) is 1. The van der Waals surface area contributed by atoms with Gasteiger partial charge in [-0.25, -0.2) is 4.98 Å². The molecule has 22 heavy (non-hydrogen) atoms. The lowest BCUT2D eigenvalue weighted by Crippen LogP contribution is -2.31. The maximum absolute atomic E-state index is 12.0. The summed E-state index contributed by atoms with van der Waals surface area (Å²) in [6.07, 6.45) is 4.59. The third kappa shape index (κ3) is 2.52. The van der Waals surface area contributed by atoms with Gasteiger partial charge in [0.15, 0.2) is 0 Å². The first-order valence-corrected chi connectivity index (χ1v) is 8.87. The Morgan fingerprint density at radius 2 is 2.27 bits per heavy atom. The minimum Gasteiger partial charge on any atom is -0.356 e. The molecule has 1 aliphatic heterocycles. The normalized spacial score (nSPS) is 25.9. The van der Waals surface area contributed by atoms with Crippen LogP contribution in [0, 0.1) is 0 Å². The van der Waals surface area contributed by atoms with E-state index in [1.54, 1.807) is 6.07 Å². The van der Waals surface area contributed by atoms with Crippen molar-refractivity contribution in [3.63, 3.8) is 0 Å². The monoisotopic (exact) mass is 319 g/mol. The standard InChI is InChI=1S/C15H21N5OS/c1-3-10-7-13(21)20-15(17-10)22-14(18-20)16-11-6-9(2)19(8-11)12-4-5-12/h7,9,11-12H,3-6,8H2,1-2H3,(H,16,18). The first kappa shape index (κ1) is 14.1. The van der Waals surface area contributed by atoms with E-state index in [9.17, 15) is 4.79 Å². The number of nitrogens with one attached hydrogen (secondary N) is 1. The van der Waals surface area contributed by atoms with E-state index in [0.29, 0.717) is 17.0 Å². The van der Waals surface area contributed by atoms with Gasteiger partial charge in [0.1, 0.15) is 0 Å². The van der Waals surface area contributed by atoms with Gasteiger partial charge in [0.2, 0.25) is 10.1 Å². The highest BCUT2D eigenvalue weighted by atomic mass is 32.1. The van der Waals surface area contributed by atoms with Crippen molar-refractivity contribution >= 4 is 21.4 Å². The maximum Gasteiger partial charge on any atom is 0.275 e. The highest BCUT2D eigenvalue weighted by Crippen LogP contribution is 2.34. The summed E-state index contributed by atoms with van der Waals surface area (Å²) in [6.45, 7) is 5.38. The molecule has 2 atom stereocenters. The molecule has 7 heteroatoms. The van der Waals surface area contributed by atoms with E-state index in [1.165, 1.54) is 28.7 Å². The summed E-state index contributed by atoms with van der Waals surface area (Å²) in [5, 5.41) is 8.70. The fraction of sp³-hybridized carbons (Fsp3) is 0.667. The van der Waals surface area contributed by atoms with E-state index in [1.807, 2.05) is 6.92 Å². The third-order valence-electron chi connectivity index (χ3n) is 4.63. The predicted molar refractivity (Wildman–Crippen MR) is 87.7 cm³/mol. The number of fused-ring (bicyclic) bond motifs is 1. The summed E-state index contributed by atoms with van der Waals surface area (Å²) in [5.74, 6) is 0. The van der Waals surface area contributed by atoms with Crippen LogP contribution in [-0.4, -0.2) is 44.2 Å². The minimum atomic E-state index is -0.0921. The van der Waals surface area contributed by atoms with Crippen molar-refractivity contribution in [1.82, 2.24) is 19.5 Å². The SMILES string of the molecule is CCc1cc(=O)n2nc(NC3CC(C)N(C4CC4)C3)sc2n1. The molecule has 2 aliphatic rings. The zero-order chi connectivity index (χ0) is 15.3. The summed E-state index contributed by atoms with van der Waals surface area (Å²) in [7, 11) is 0. The van der Waals surface area contributed by atoms with Crippen LogP contribution in [0.4, 0.5) is 5.13 Å². The van der Waals surface area contributed by atoms with Crippen LogP contribution in [0.15, 0.2) is 10.9 Å². The summed E-state index contributed by atoms with van der Waals surface area (Å²) in [5.41, 5.74) is 0.736. The summed E-state index contributed by atoms with van der Waals surface area (Å²) >= 11 is 1.47. The number of nitrogens with zero attached hydrogens (tertiary/aromatic N) is 4. The molecule has 6 nitrogen and oxygen atoms in total. The minimum absolute atomic E-state index is 0.0921. The fourth-order valence-corrected chi connectivity index (χ4v) is 4.25. The van der Waals surface area contributed by atoms with Crippen molar-refractivity contribution in [2.75, 3.05) is 11.9 Å². The van der Waals surface area contributed by atoms with E-state index in [2.05, 4.69) is 27.2 Å². The molecule has 4 rings (SSSR count). The largest absolute Gasteiger partial charge is 0.356 e. The molecule has 0 aromatic carbocycles. The Balaban J connectivity index is 1.54. The van der Waals surface area contributed by atoms with Crippen LogP contribution in [0.1, 0.15) is 38.8 Å². The Morgan fingerprint density at radius 1 is 1.45 bits per heavy atom. The molecule has 2 unspecified atom stereocenters. The summed E-state index contributed by atoms with van der Waals surface area (Å²) in [6, 6.07) is 3.42. The van der Waals surface area contributed by atoms with Gasteiger partial charge < -0.3 is 5.32 Å². The molecule has 1 aliphatic carbocycles. The van der Waals surface area contributed by atoms with Crippen molar-refractivity contribution in [2.24, 2.45) is 0 Å². The first-order valence-electron chi connectivity index (χ1n) is 8.06. The van der Waals surface area contributed by atoms with Gasteiger partial charge in [-0.1, -0.05) is 18.3 Å². The van der Waals surface area contributed by atoms with Gasteiger partial charge >= 0.3 is 0 Å². The average Bonchev–Trinajstić information content (AvgIpc) is 3.15. The van der Waals surface area contributed by atoms with Gasteiger partial charge in [0.25, 0.3) is 5.56 Å². The van der Waals surface area contributed by atoms with Crippen molar-refractivity contribution in [2.45, 2.75) is 57.7 Å². The van der Waals surface area contributed by atoms with Crippen LogP contribution < -0.4 is 10.9 Å². The predicted octanol–water partition coefficient (Wildman–Crippen LogP) is 1.75. The van der Waals surface area contributed by atoms with E-state index in [4.69, 9.17) is 0 Å². The van der Waals surface area contributed by atoms with Crippen LogP contribution in [0.25, 0.3) is 4.96 Å². The molecule has 0 amide bonds. The Labute approximate surface area is 133 Å². The third-order valence-corrected chi connectivity index (χ3v) is 5.47. The number of hydrogen-bond donors (Lipinski definition) is 1. The molecular formula is C15H21N5OS. The van der Waals surface area contributed by atoms with Gasteiger partial charge in [0.05, 0.1) is 0 Å². The Bertz CT molecular complexity index is 750. The lowest BCUT2D eigenvalue weighted by Gasteiger charge is -2.19. The van der Waals surface area contributed by atoms with Crippen molar-refractivity contribution < 1.29 is 0 Å². The smallest absolute Gasteiger partial charge is 0.275 e. The topological polar surface area (TPSA) is 62.5 Å². The zero-order valence-corrected chi connectivity index (χ0v) is 13.8. The van der Waals surface area contributed by atoms with Crippen molar-refractivity contribution in [1.29, 1.82) is 0 Å². The van der Waals surface area contributed by atoms with Gasteiger partial charge in [-0.05, 0) is 32.6 Å². The van der Waals surface area contributed by atoms with Gasteiger partial charge in [-0.2, -0.15) is 4.52 Å². The molecule has 118 valence electrons. The van der Waals surface area contributed by atoms with Gasteiger partial charge in [-0.15, -0.1) is 5.10 Å². The fourth-order valence-electron chi connectivity index (χ4n) is 3.35. The van der Waals surface area contributed by atoms with Crippen LogP contribution in [0.3, 0.4) is 0 Å². The van der Waals surface area contributed by atoms with Gasteiger partial charge in [0, 0.05) is 36.4 Å². The summed E-state index contributed by atoms with van der Waals surface area (Å²) < 4.78 is 1.41. The van der Waals surface area contributed by atoms with Crippen LogP contribution in [0.5, 0.6) is 0 Å². The zero-order valence-electron chi connectivity index (χ0n) is 13.0. The summed E-state index contributed by atoms with van der Waals surface area (Å²) in [4.78, 5) is 19.8. The van der Waals surface area contributed by atoms with E-state index >= 15 is 0 Å². The molecule has 0 spiro atoms. The number of rotatable bonds is 4. The molecule has 1 saturated carbocycles. The highest BCUT2D eigenvalue weighted by molar-refractivity contribution is 7.20. The Hall–Kier alpha value is -1.47. The van der Waals surface area contributed by atoms with Crippen LogP contribution >= 0.6 is 11.3 Å². The number of hydrogen-bond acceptors (Lipinski definition) is 6. The molecule has 0 radical (unpaired) electrons. The van der Waals surface area contributed by atoms with E-state index in [0.717, 1.165) is 36.3 Å².